The maximum Gasteiger partial charge on any atom is 0.243 e. The lowest BCUT2D eigenvalue weighted by molar-refractivity contribution is -0.123. The van der Waals surface area contributed by atoms with Crippen molar-refractivity contribution in [1.82, 2.24) is 4.98 Å². The molecule has 2 fully saturated rings. The first-order chi connectivity index (χ1) is 15.4. The minimum absolute atomic E-state index is 0.0138. The number of carbonyl (C=O) groups is 2. The van der Waals surface area contributed by atoms with Gasteiger partial charge in [-0.1, -0.05) is 57.2 Å². The Morgan fingerprint density at radius 1 is 0.906 bits per heavy atom. The zero-order valence-corrected chi connectivity index (χ0v) is 19.0. The summed E-state index contributed by atoms with van der Waals surface area (Å²) < 4.78 is 0. The van der Waals surface area contributed by atoms with E-state index in [1.807, 2.05) is 36.4 Å². The van der Waals surface area contributed by atoms with Crippen molar-refractivity contribution >= 4 is 28.4 Å². The molecule has 3 aliphatic rings. The van der Waals surface area contributed by atoms with Gasteiger partial charge >= 0.3 is 0 Å². The standard InChI is InChI=1S/C28H30N2O2/c1-28(2,3)16-13-14-18-20(15-16)23-24(25-22(18)19-11-7-8-12-21(19)29-25)27(32)30(26(23)31)17-9-5-4-6-10-17/h4-12,16,18,20,23-24,29H,13-15H2,1-3H3/t16?,18-,20+,23+,24+/m0/s1. The average molecular weight is 427 g/mol. The summed E-state index contributed by atoms with van der Waals surface area (Å²) >= 11 is 0. The van der Waals surface area contributed by atoms with E-state index in [1.54, 1.807) is 0 Å². The van der Waals surface area contributed by atoms with Crippen LogP contribution in [0, 0.1) is 23.2 Å². The van der Waals surface area contributed by atoms with E-state index in [9.17, 15) is 9.59 Å². The highest BCUT2D eigenvalue weighted by atomic mass is 16.2. The van der Waals surface area contributed by atoms with Crippen molar-refractivity contribution < 1.29 is 9.59 Å². The molecule has 1 saturated heterocycles. The number of aromatic amines is 1. The summed E-state index contributed by atoms with van der Waals surface area (Å²) in [6.07, 6.45) is 3.26. The monoisotopic (exact) mass is 426 g/mol. The summed E-state index contributed by atoms with van der Waals surface area (Å²) in [4.78, 5) is 32.8. The molecule has 2 aliphatic carbocycles. The summed E-state index contributed by atoms with van der Waals surface area (Å²) in [5.41, 5.74) is 4.26. The molecule has 32 heavy (non-hydrogen) atoms. The molecule has 4 nitrogen and oxygen atoms in total. The second kappa shape index (κ2) is 6.81. The van der Waals surface area contributed by atoms with E-state index in [4.69, 9.17) is 0 Å². The summed E-state index contributed by atoms with van der Waals surface area (Å²) in [5, 5.41) is 1.23. The number of amides is 2. The zero-order valence-electron chi connectivity index (χ0n) is 19.0. The van der Waals surface area contributed by atoms with Crippen LogP contribution in [0.5, 0.6) is 0 Å². The van der Waals surface area contributed by atoms with Gasteiger partial charge in [-0.25, -0.2) is 4.90 Å². The van der Waals surface area contributed by atoms with Crippen molar-refractivity contribution in [1.29, 1.82) is 0 Å². The first kappa shape index (κ1) is 19.8. The van der Waals surface area contributed by atoms with Gasteiger partial charge in [-0.3, -0.25) is 9.59 Å². The highest BCUT2D eigenvalue weighted by Crippen LogP contribution is 2.59. The number of benzene rings is 2. The molecule has 164 valence electrons. The number of carbonyl (C=O) groups excluding carboxylic acids is 2. The van der Waals surface area contributed by atoms with Crippen LogP contribution in [0.1, 0.15) is 63.1 Å². The third-order valence-electron chi connectivity index (χ3n) is 8.41. The molecule has 5 atom stereocenters. The second-order valence-electron chi connectivity index (χ2n) is 11.0. The maximum absolute atomic E-state index is 13.9. The number of para-hydroxylation sites is 2. The number of imide groups is 1. The number of anilines is 1. The molecule has 2 heterocycles. The number of fused-ring (bicyclic) bond motifs is 8. The van der Waals surface area contributed by atoms with E-state index >= 15 is 0 Å². The lowest BCUT2D eigenvalue weighted by Crippen LogP contribution is -2.41. The molecule has 1 aromatic heterocycles. The minimum Gasteiger partial charge on any atom is -0.357 e. The largest absolute Gasteiger partial charge is 0.357 e. The first-order valence-electron chi connectivity index (χ1n) is 11.9. The van der Waals surface area contributed by atoms with Crippen molar-refractivity contribution in [2.45, 2.75) is 51.9 Å². The Morgan fingerprint density at radius 3 is 2.38 bits per heavy atom. The lowest BCUT2D eigenvalue weighted by Gasteiger charge is -2.47. The molecular weight excluding hydrogens is 396 g/mol. The highest BCUT2D eigenvalue weighted by molar-refractivity contribution is 6.24. The van der Waals surface area contributed by atoms with Crippen molar-refractivity contribution in [3.8, 4) is 0 Å². The van der Waals surface area contributed by atoms with E-state index in [2.05, 4.69) is 44.0 Å². The predicted octanol–water partition coefficient (Wildman–Crippen LogP) is 6.00. The van der Waals surface area contributed by atoms with Gasteiger partial charge in [-0.15, -0.1) is 0 Å². The molecule has 0 radical (unpaired) electrons. The predicted molar refractivity (Wildman–Crippen MR) is 126 cm³/mol. The Morgan fingerprint density at radius 2 is 1.62 bits per heavy atom. The van der Waals surface area contributed by atoms with Gasteiger partial charge in [0.25, 0.3) is 0 Å². The van der Waals surface area contributed by atoms with Crippen LogP contribution in [0.4, 0.5) is 5.69 Å². The Labute approximate surface area is 189 Å². The van der Waals surface area contributed by atoms with Crippen LogP contribution < -0.4 is 4.90 Å². The van der Waals surface area contributed by atoms with Crippen LogP contribution in [-0.2, 0) is 9.59 Å². The first-order valence-corrected chi connectivity index (χ1v) is 11.9. The molecule has 1 saturated carbocycles. The Bertz CT molecular complexity index is 1220. The number of nitrogens with zero attached hydrogens (tertiary/aromatic N) is 1. The SMILES string of the molecule is CC(C)(C)C1CC[C@@H]2c3c([nH]c4ccccc34)[C@@H]3C(=O)N(c4ccccc4)C(=O)[C@@H]3[C@@H]2C1. The molecular formula is C28H30N2O2. The van der Waals surface area contributed by atoms with Crippen LogP contribution in [0.15, 0.2) is 54.6 Å². The highest BCUT2D eigenvalue weighted by Gasteiger charge is 2.59. The van der Waals surface area contributed by atoms with Gasteiger partial charge in [0.1, 0.15) is 0 Å². The number of rotatable bonds is 1. The zero-order chi connectivity index (χ0) is 22.2. The molecule has 3 aromatic rings. The Kier molecular flexibility index (Phi) is 4.21. The second-order valence-corrected chi connectivity index (χ2v) is 11.0. The lowest BCUT2D eigenvalue weighted by atomic mass is 9.56. The topological polar surface area (TPSA) is 53.2 Å². The molecule has 2 amide bonds. The normalized spacial score (nSPS) is 29.7. The Hall–Kier alpha value is -2.88. The molecule has 1 unspecified atom stereocenters. The molecule has 2 aromatic carbocycles. The number of H-pyrrole nitrogens is 1. The van der Waals surface area contributed by atoms with Crippen LogP contribution in [0.3, 0.4) is 0 Å². The smallest absolute Gasteiger partial charge is 0.243 e. The maximum atomic E-state index is 13.9. The van der Waals surface area contributed by atoms with Crippen LogP contribution >= 0.6 is 0 Å². The van der Waals surface area contributed by atoms with Gasteiger partial charge in [0, 0.05) is 16.6 Å². The van der Waals surface area contributed by atoms with Gasteiger partial charge in [0.15, 0.2) is 0 Å². The Balaban J connectivity index is 1.54. The van der Waals surface area contributed by atoms with Crippen molar-refractivity contribution in [2.24, 2.45) is 23.2 Å². The van der Waals surface area contributed by atoms with Gasteiger partial charge in [0.2, 0.25) is 11.8 Å². The summed E-state index contributed by atoms with van der Waals surface area (Å²) in [6.45, 7) is 6.94. The van der Waals surface area contributed by atoms with Gasteiger partial charge in [0.05, 0.1) is 17.5 Å². The van der Waals surface area contributed by atoms with E-state index < -0.39 is 5.92 Å². The molecule has 1 aliphatic heterocycles. The van der Waals surface area contributed by atoms with Crippen molar-refractivity contribution in [2.75, 3.05) is 4.90 Å². The van der Waals surface area contributed by atoms with Crippen molar-refractivity contribution in [3.63, 3.8) is 0 Å². The number of hydrogen-bond acceptors (Lipinski definition) is 2. The van der Waals surface area contributed by atoms with E-state index in [1.165, 1.54) is 22.3 Å². The molecule has 6 rings (SSSR count). The van der Waals surface area contributed by atoms with E-state index in [-0.39, 0.29) is 29.1 Å². The fourth-order valence-corrected chi connectivity index (χ4v) is 6.83. The van der Waals surface area contributed by atoms with Gasteiger partial charge in [-0.05, 0) is 66.2 Å². The fourth-order valence-electron chi connectivity index (χ4n) is 6.83. The molecule has 0 spiro atoms. The fraction of sp³-hybridized carbons (Fsp3) is 0.429. The minimum atomic E-state index is -0.412. The van der Waals surface area contributed by atoms with Gasteiger partial charge in [-0.2, -0.15) is 0 Å². The summed E-state index contributed by atoms with van der Waals surface area (Å²) in [5.74, 6) is 0.312. The molecule has 0 bridgehead atoms. The molecule has 4 heteroatoms. The van der Waals surface area contributed by atoms with Crippen LogP contribution in [0.25, 0.3) is 10.9 Å². The van der Waals surface area contributed by atoms with Crippen LogP contribution in [0.2, 0.25) is 0 Å². The van der Waals surface area contributed by atoms with Gasteiger partial charge < -0.3 is 4.98 Å². The van der Waals surface area contributed by atoms with Crippen LogP contribution in [-0.4, -0.2) is 16.8 Å². The summed E-state index contributed by atoms with van der Waals surface area (Å²) in [7, 11) is 0. The summed E-state index contributed by atoms with van der Waals surface area (Å²) in [6, 6.07) is 17.8. The molecule has 1 N–H and O–H groups in total. The quantitative estimate of drug-likeness (QED) is 0.485. The third kappa shape index (κ3) is 2.68. The number of aromatic nitrogens is 1. The number of hydrogen-bond donors (Lipinski definition) is 1. The van der Waals surface area contributed by atoms with E-state index in [0.717, 1.165) is 24.1 Å². The number of nitrogens with one attached hydrogen (secondary N) is 1. The van der Waals surface area contributed by atoms with E-state index in [0.29, 0.717) is 17.5 Å². The third-order valence-corrected chi connectivity index (χ3v) is 8.41. The van der Waals surface area contributed by atoms with Crippen molar-refractivity contribution in [3.05, 3.63) is 65.9 Å². The average Bonchev–Trinajstić information content (AvgIpc) is 3.29.